The summed E-state index contributed by atoms with van der Waals surface area (Å²) in [5.41, 5.74) is 5.53. The minimum Gasteiger partial charge on any atom is -0.465 e. The third-order valence-corrected chi connectivity index (χ3v) is 4.86. The number of nitrogens with one attached hydrogen (secondary N) is 1. The Labute approximate surface area is 155 Å². The number of amides is 1. The first-order valence-electron chi connectivity index (χ1n) is 7.99. The number of anilines is 1. The van der Waals surface area contributed by atoms with Crippen LogP contribution in [0.15, 0.2) is 69.6 Å². The Bertz CT molecular complexity index is 860. The average molecular weight is 399 g/mol. The molecule has 0 radical (unpaired) electrons. The van der Waals surface area contributed by atoms with E-state index in [-0.39, 0.29) is 5.91 Å². The first-order valence-corrected chi connectivity index (χ1v) is 8.78. The van der Waals surface area contributed by atoms with E-state index in [2.05, 4.69) is 21.4 Å². The van der Waals surface area contributed by atoms with E-state index < -0.39 is 0 Å². The van der Waals surface area contributed by atoms with Gasteiger partial charge in [-0.25, -0.2) is 0 Å². The van der Waals surface area contributed by atoms with Crippen LogP contribution in [-0.2, 0) is 6.54 Å². The van der Waals surface area contributed by atoms with Crippen molar-refractivity contribution < 1.29 is 9.21 Å². The lowest BCUT2D eigenvalue weighted by molar-refractivity contribution is 0.0946. The number of hydrogen-bond acceptors (Lipinski definition) is 3. The van der Waals surface area contributed by atoms with Gasteiger partial charge in [-0.15, -0.1) is 0 Å². The van der Waals surface area contributed by atoms with E-state index in [9.17, 15) is 4.79 Å². The van der Waals surface area contributed by atoms with Crippen molar-refractivity contribution in [3.63, 3.8) is 0 Å². The molecule has 0 unspecified atom stereocenters. The molecule has 128 valence electrons. The number of carbonyl (C=O) groups excluding carboxylic acids is 1. The maximum atomic E-state index is 12.8. The number of rotatable bonds is 5. The van der Waals surface area contributed by atoms with Gasteiger partial charge < -0.3 is 4.42 Å². The Kier molecular flexibility index (Phi) is 5.24. The normalized spacial score (nSPS) is 10.5. The number of hydrazine groups is 1. The molecule has 2 aromatic carbocycles. The second kappa shape index (κ2) is 7.57. The van der Waals surface area contributed by atoms with Crippen LogP contribution in [0.5, 0.6) is 0 Å². The van der Waals surface area contributed by atoms with Gasteiger partial charge in [0.15, 0.2) is 0 Å². The summed E-state index contributed by atoms with van der Waals surface area (Å²) in [5, 5.41) is 1.84. The van der Waals surface area contributed by atoms with E-state index in [0.29, 0.717) is 28.1 Å². The number of para-hydroxylation sites is 1. The summed E-state index contributed by atoms with van der Waals surface area (Å²) in [5.74, 6) is 1.08. The van der Waals surface area contributed by atoms with Gasteiger partial charge in [0.25, 0.3) is 5.91 Å². The molecule has 1 aromatic heterocycles. The smallest absolute Gasteiger partial charge is 0.274 e. The van der Waals surface area contributed by atoms with Gasteiger partial charge in [0.1, 0.15) is 11.5 Å². The van der Waals surface area contributed by atoms with Crippen molar-refractivity contribution in [2.24, 2.45) is 0 Å². The maximum absolute atomic E-state index is 12.8. The van der Waals surface area contributed by atoms with Crippen LogP contribution in [0.3, 0.4) is 0 Å². The minimum atomic E-state index is -0.207. The monoisotopic (exact) mass is 398 g/mol. The molecule has 0 spiro atoms. The maximum Gasteiger partial charge on any atom is 0.274 e. The Morgan fingerprint density at radius 2 is 1.60 bits per heavy atom. The van der Waals surface area contributed by atoms with Gasteiger partial charge in [0, 0.05) is 0 Å². The summed E-state index contributed by atoms with van der Waals surface area (Å²) in [7, 11) is 0. The molecule has 1 N–H and O–H groups in total. The lowest BCUT2D eigenvalue weighted by atomic mass is 10.2. The summed E-state index contributed by atoms with van der Waals surface area (Å²) >= 11 is 3.44. The van der Waals surface area contributed by atoms with Crippen LogP contribution >= 0.6 is 15.9 Å². The Balaban J connectivity index is 1.88. The van der Waals surface area contributed by atoms with E-state index in [1.807, 2.05) is 72.6 Å². The van der Waals surface area contributed by atoms with E-state index in [4.69, 9.17) is 4.42 Å². The zero-order valence-corrected chi connectivity index (χ0v) is 15.7. The second-order valence-electron chi connectivity index (χ2n) is 5.75. The lowest BCUT2D eigenvalue weighted by Crippen LogP contribution is -2.42. The molecule has 3 aromatic rings. The van der Waals surface area contributed by atoms with Crippen molar-refractivity contribution in [2.45, 2.75) is 20.4 Å². The predicted octanol–water partition coefficient (Wildman–Crippen LogP) is 5.01. The molecule has 3 rings (SSSR count). The van der Waals surface area contributed by atoms with E-state index in [0.717, 1.165) is 11.3 Å². The van der Waals surface area contributed by atoms with Gasteiger partial charge in [-0.05, 0) is 47.5 Å². The molecular formula is C20H19BrN2O2. The van der Waals surface area contributed by atoms with Crippen LogP contribution in [-0.4, -0.2) is 5.91 Å². The first kappa shape index (κ1) is 17.3. The standard InChI is InChI=1S/C20H19BrN2O2/c1-14-18(19(21)15(2)25-14)20(24)22-23(17-11-7-4-8-12-17)13-16-9-5-3-6-10-16/h3-12H,13H2,1-2H3,(H,22,24). The van der Waals surface area contributed by atoms with Crippen molar-refractivity contribution in [3.05, 3.63) is 87.8 Å². The van der Waals surface area contributed by atoms with Gasteiger partial charge in [-0.1, -0.05) is 48.5 Å². The van der Waals surface area contributed by atoms with Crippen molar-refractivity contribution in [3.8, 4) is 0 Å². The number of hydrogen-bond donors (Lipinski definition) is 1. The highest BCUT2D eigenvalue weighted by Crippen LogP contribution is 2.27. The predicted molar refractivity (Wildman–Crippen MR) is 102 cm³/mol. The van der Waals surface area contributed by atoms with Crippen molar-refractivity contribution in [1.82, 2.24) is 5.43 Å². The highest BCUT2D eigenvalue weighted by Gasteiger charge is 2.22. The van der Waals surface area contributed by atoms with Gasteiger partial charge in [-0.3, -0.25) is 15.2 Å². The van der Waals surface area contributed by atoms with Gasteiger partial charge >= 0.3 is 0 Å². The molecule has 0 saturated carbocycles. The third kappa shape index (κ3) is 3.94. The third-order valence-electron chi connectivity index (χ3n) is 3.90. The van der Waals surface area contributed by atoms with Crippen LogP contribution in [0.4, 0.5) is 5.69 Å². The molecule has 0 bridgehead atoms. The minimum absolute atomic E-state index is 0.207. The molecule has 25 heavy (non-hydrogen) atoms. The molecule has 4 nitrogen and oxygen atoms in total. The van der Waals surface area contributed by atoms with Crippen molar-refractivity contribution in [2.75, 3.05) is 5.01 Å². The summed E-state index contributed by atoms with van der Waals surface area (Å²) in [4.78, 5) is 12.8. The number of aryl methyl sites for hydroxylation is 2. The highest BCUT2D eigenvalue weighted by molar-refractivity contribution is 9.10. The fourth-order valence-electron chi connectivity index (χ4n) is 2.66. The first-order chi connectivity index (χ1) is 12.1. The zero-order valence-electron chi connectivity index (χ0n) is 14.1. The van der Waals surface area contributed by atoms with Crippen LogP contribution in [0, 0.1) is 13.8 Å². The van der Waals surface area contributed by atoms with Gasteiger partial charge in [0.2, 0.25) is 0 Å². The number of furan rings is 1. The number of nitrogens with zero attached hydrogens (tertiary/aromatic N) is 1. The fraction of sp³-hybridized carbons (Fsp3) is 0.150. The van der Waals surface area contributed by atoms with E-state index in [1.54, 1.807) is 6.92 Å². The number of benzene rings is 2. The van der Waals surface area contributed by atoms with Gasteiger partial charge in [-0.2, -0.15) is 0 Å². The Hall–Kier alpha value is -2.53. The average Bonchev–Trinajstić information content (AvgIpc) is 2.88. The topological polar surface area (TPSA) is 45.5 Å². The molecule has 0 atom stereocenters. The summed E-state index contributed by atoms with van der Waals surface area (Å²) < 4.78 is 6.24. The molecule has 0 saturated heterocycles. The highest BCUT2D eigenvalue weighted by atomic mass is 79.9. The number of halogens is 1. The molecule has 1 amide bonds. The lowest BCUT2D eigenvalue weighted by Gasteiger charge is -2.25. The summed E-state index contributed by atoms with van der Waals surface area (Å²) in [6.07, 6.45) is 0. The van der Waals surface area contributed by atoms with Crippen LogP contribution < -0.4 is 10.4 Å². The molecular weight excluding hydrogens is 380 g/mol. The van der Waals surface area contributed by atoms with Crippen LogP contribution in [0.25, 0.3) is 0 Å². The zero-order chi connectivity index (χ0) is 17.8. The van der Waals surface area contributed by atoms with Crippen LogP contribution in [0.2, 0.25) is 0 Å². The molecule has 0 aliphatic heterocycles. The van der Waals surface area contributed by atoms with E-state index in [1.165, 1.54) is 0 Å². The molecule has 5 heteroatoms. The van der Waals surface area contributed by atoms with Crippen LogP contribution in [0.1, 0.15) is 27.4 Å². The SMILES string of the molecule is Cc1oc(C)c(C(=O)NN(Cc2ccccc2)c2ccccc2)c1Br. The van der Waals surface area contributed by atoms with Gasteiger partial charge in [0.05, 0.1) is 22.3 Å². The summed E-state index contributed by atoms with van der Waals surface area (Å²) in [6.45, 7) is 4.17. The summed E-state index contributed by atoms with van der Waals surface area (Å²) in [6, 6.07) is 19.8. The quantitative estimate of drug-likeness (QED) is 0.614. The Morgan fingerprint density at radius 3 is 2.16 bits per heavy atom. The fourth-order valence-corrected chi connectivity index (χ4v) is 3.20. The number of carbonyl (C=O) groups is 1. The van der Waals surface area contributed by atoms with E-state index >= 15 is 0 Å². The Morgan fingerprint density at radius 1 is 1.00 bits per heavy atom. The largest absolute Gasteiger partial charge is 0.465 e. The second-order valence-corrected chi connectivity index (χ2v) is 6.54. The molecule has 1 heterocycles. The molecule has 0 aliphatic carbocycles. The van der Waals surface area contributed by atoms with Crippen molar-refractivity contribution in [1.29, 1.82) is 0 Å². The van der Waals surface area contributed by atoms with Crippen molar-refractivity contribution >= 4 is 27.5 Å². The molecule has 0 aliphatic rings. The molecule has 0 fully saturated rings.